The molecule has 2 aromatic carbocycles. The number of anilines is 1. The van der Waals surface area contributed by atoms with E-state index >= 15 is 0 Å². The Labute approximate surface area is 147 Å². The number of aryl methyl sites for hydroxylation is 1. The second-order valence-electron chi connectivity index (χ2n) is 4.53. The minimum atomic E-state index is -0.287. The number of carbonyl (C=O) groups is 1. The summed E-state index contributed by atoms with van der Waals surface area (Å²) in [4.78, 5) is 12.2. The fourth-order valence-corrected chi connectivity index (χ4v) is 2.47. The van der Waals surface area contributed by atoms with Crippen molar-refractivity contribution in [2.24, 2.45) is 0 Å². The quantitative estimate of drug-likeness (QED) is 0.575. The molecule has 0 aliphatic heterocycles. The standard InChI is InChI=1S/C16H12IN3OS/c1-10-6-7-11(8-13(10)17)15(21)20-16(22)19-14-5-3-2-4-12(14)9-18/h2-8H,1H3,(H2,19,20,21,22). The van der Waals surface area contributed by atoms with Crippen molar-refractivity contribution in [3.8, 4) is 6.07 Å². The Hall–Kier alpha value is -1.98. The SMILES string of the molecule is Cc1ccc(C(=O)NC(=S)Nc2ccccc2C#N)cc1I. The molecule has 0 aliphatic carbocycles. The van der Waals surface area contributed by atoms with Gasteiger partial charge in [0.25, 0.3) is 5.91 Å². The molecule has 0 saturated carbocycles. The fraction of sp³-hybridized carbons (Fsp3) is 0.0625. The number of hydrogen-bond acceptors (Lipinski definition) is 3. The van der Waals surface area contributed by atoms with E-state index in [2.05, 4.69) is 39.3 Å². The number of carbonyl (C=O) groups excluding carboxylic acids is 1. The van der Waals surface area contributed by atoms with E-state index in [9.17, 15) is 4.79 Å². The molecule has 0 radical (unpaired) electrons. The van der Waals surface area contributed by atoms with E-state index in [0.717, 1.165) is 9.13 Å². The van der Waals surface area contributed by atoms with Crippen molar-refractivity contribution in [2.45, 2.75) is 6.92 Å². The summed E-state index contributed by atoms with van der Waals surface area (Å²) in [5.74, 6) is -0.287. The van der Waals surface area contributed by atoms with Gasteiger partial charge in [0, 0.05) is 9.13 Å². The van der Waals surface area contributed by atoms with Gasteiger partial charge in [0.1, 0.15) is 6.07 Å². The van der Waals surface area contributed by atoms with Gasteiger partial charge in [-0.25, -0.2) is 0 Å². The Morgan fingerprint density at radius 3 is 2.68 bits per heavy atom. The topological polar surface area (TPSA) is 64.9 Å². The summed E-state index contributed by atoms with van der Waals surface area (Å²) in [7, 11) is 0. The van der Waals surface area contributed by atoms with Crippen LogP contribution < -0.4 is 10.6 Å². The maximum absolute atomic E-state index is 12.2. The van der Waals surface area contributed by atoms with Crippen LogP contribution in [0.5, 0.6) is 0 Å². The van der Waals surface area contributed by atoms with Gasteiger partial charge in [0.15, 0.2) is 5.11 Å². The average Bonchev–Trinajstić information content (AvgIpc) is 2.50. The number of nitriles is 1. The Bertz CT molecular complexity index is 783. The van der Waals surface area contributed by atoms with E-state index in [4.69, 9.17) is 17.5 Å². The van der Waals surface area contributed by atoms with E-state index in [0.29, 0.717) is 16.8 Å². The molecule has 2 aromatic rings. The number of benzene rings is 2. The Balaban J connectivity index is 2.07. The lowest BCUT2D eigenvalue weighted by atomic mass is 10.1. The normalized spacial score (nSPS) is 9.68. The number of thiocarbonyl (C=S) groups is 1. The lowest BCUT2D eigenvalue weighted by Crippen LogP contribution is -2.34. The van der Waals surface area contributed by atoms with Crippen molar-refractivity contribution in [3.63, 3.8) is 0 Å². The van der Waals surface area contributed by atoms with Crippen molar-refractivity contribution in [1.29, 1.82) is 5.26 Å². The third kappa shape index (κ3) is 4.02. The molecule has 110 valence electrons. The summed E-state index contributed by atoms with van der Waals surface area (Å²) >= 11 is 7.30. The molecule has 0 saturated heterocycles. The van der Waals surface area contributed by atoms with E-state index in [1.54, 1.807) is 36.4 Å². The second-order valence-corrected chi connectivity index (χ2v) is 6.10. The maximum Gasteiger partial charge on any atom is 0.257 e. The van der Waals surface area contributed by atoms with Crippen LogP contribution in [0, 0.1) is 21.8 Å². The number of halogens is 1. The van der Waals surface area contributed by atoms with E-state index < -0.39 is 0 Å². The number of amides is 1. The smallest absolute Gasteiger partial charge is 0.257 e. The summed E-state index contributed by atoms with van der Waals surface area (Å²) in [6.45, 7) is 1.98. The van der Waals surface area contributed by atoms with Crippen LogP contribution in [0.4, 0.5) is 5.69 Å². The first-order chi connectivity index (χ1) is 10.5. The summed E-state index contributed by atoms with van der Waals surface area (Å²) in [6.07, 6.45) is 0. The first kappa shape index (κ1) is 16.4. The number of para-hydroxylation sites is 1. The molecule has 0 atom stereocenters. The zero-order chi connectivity index (χ0) is 16.1. The molecule has 0 heterocycles. The molecule has 0 fully saturated rings. The van der Waals surface area contributed by atoms with Gasteiger partial charge in [-0.3, -0.25) is 10.1 Å². The van der Waals surface area contributed by atoms with Gasteiger partial charge in [-0.05, 0) is 71.6 Å². The highest BCUT2D eigenvalue weighted by Crippen LogP contribution is 2.15. The highest BCUT2D eigenvalue weighted by atomic mass is 127. The predicted molar refractivity (Wildman–Crippen MR) is 98.7 cm³/mol. The summed E-state index contributed by atoms with van der Waals surface area (Å²) in [5, 5.41) is 14.7. The number of rotatable bonds is 2. The van der Waals surface area contributed by atoms with Gasteiger partial charge in [0.05, 0.1) is 11.3 Å². The van der Waals surface area contributed by atoms with Crippen LogP contribution in [-0.2, 0) is 0 Å². The maximum atomic E-state index is 12.2. The summed E-state index contributed by atoms with van der Waals surface area (Å²) in [5.41, 5.74) is 2.67. The molecule has 4 nitrogen and oxygen atoms in total. The molecule has 0 unspecified atom stereocenters. The van der Waals surface area contributed by atoms with Crippen LogP contribution in [0.1, 0.15) is 21.5 Å². The Kier molecular flexibility index (Phi) is 5.46. The highest BCUT2D eigenvalue weighted by Gasteiger charge is 2.10. The van der Waals surface area contributed by atoms with Gasteiger partial charge < -0.3 is 5.32 Å². The van der Waals surface area contributed by atoms with E-state index in [1.807, 2.05) is 13.0 Å². The third-order valence-corrected chi connectivity index (χ3v) is 4.32. The van der Waals surface area contributed by atoms with Gasteiger partial charge in [-0.1, -0.05) is 18.2 Å². The van der Waals surface area contributed by atoms with Crippen molar-refractivity contribution >= 4 is 51.5 Å². The Morgan fingerprint density at radius 1 is 1.27 bits per heavy atom. The Morgan fingerprint density at radius 2 is 2.00 bits per heavy atom. The number of hydrogen-bond donors (Lipinski definition) is 2. The van der Waals surface area contributed by atoms with Crippen molar-refractivity contribution in [2.75, 3.05) is 5.32 Å². The summed E-state index contributed by atoms with van der Waals surface area (Å²) < 4.78 is 1.01. The van der Waals surface area contributed by atoms with Crippen LogP contribution in [0.2, 0.25) is 0 Å². The molecule has 0 aromatic heterocycles. The van der Waals surface area contributed by atoms with Crippen molar-refractivity contribution in [3.05, 3.63) is 62.7 Å². The van der Waals surface area contributed by atoms with Crippen LogP contribution in [0.3, 0.4) is 0 Å². The molecule has 2 rings (SSSR count). The van der Waals surface area contributed by atoms with Crippen LogP contribution in [0.25, 0.3) is 0 Å². The zero-order valence-corrected chi connectivity index (χ0v) is 14.7. The van der Waals surface area contributed by atoms with Crippen molar-refractivity contribution < 1.29 is 4.79 Å². The van der Waals surface area contributed by atoms with E-state index in [1.165, 1.54) is 0 Å². The average molecular weight is 421 g/mol. The van der Waals surface area contributed by atoms with Gasteiger partial charge in [0.2, 0.25) is 0 Å². The first-order valence-electron chi connectivity index (χ1n) is 6.39. The summed E-state index contributed by atoms with van der Waals surface area (Å²) in [6, 6.07) is 14.5. The predicted octanol–water partition coefficient (Wildman–Crippen LogP) is 3.60. The largest absolute Gasteiger partial charge is 0.331 e. The zero-order valence-electron chi connectivity index (χ0n) is 11.7. The first-order valence-corrected chi connectivity index (χ1v) is 7.87. The highest BCUT2D eigenvalue weighted by molar-refractivity contribution is 14.1. The second kappa shape index (κ2) is 7.33. The van der Waals surface area contributed by atoms with Crippen molar-refractivity contribution in [1.82, 2.24) is 5.32 Å². The fourth-order valence-electron chi connectivity index (χ4n) is 1.75. The van der Waals surface area contributed by atoms with Crippen LogP contribution in [0.15, 0.2) is 42.5 Å². The monoisotopic (exact) mass is 421 g/mol. The minimum absolute atomic E-state index is 0.156. The molecule has 6 heteroatoms. The van der Waals surface area contributed by atoms with Gasteiger partial charge >= 0.3 is 0 Å². The van der Waals surface area contributed by atoms with Crippen LogP contribution in [-0.4, -0.2) is 11.0 Å². The lowest BCUT2D eigenvalue weighted by Gasteiger charge is -2.11. The van der Waals surface area contributed by atoms with Gasteiger partial charge in [-0.2, -0.15) is 5.26 Å². The third-order valence-electron chi connectivity index (χ3n) is 2.96. The number of nitrogens with zero attached hydrogens (tertiary/aromatic N) is 1. The molecule has 1 amide bonds. The number of nitrogens with one attached hydrogen (secondary N) is 2. The molecule has 0 aliphatic rings. The minimum Gasteiger partial charge on any atom is -0.331 e. The molecular formula is C16H12IN3OS. The van der Waals surface area contributed by atoms with Crippen LogP contribution >= 0.6 is 34.8 Å². The molecule has 2 N–H and O–H groups in total. The molecule has 0 bridgehead atoms. The van der Waals surface area contributed by atoms with E-state index in [-0.39, 0.29) is 11.0 Å². The van der Waals surface area contributed by atoms with Gasteiger partial charge in [-0.15, -0.1) is 0 Å². The lowest BCUT2D eigenvalue weighted by molar-refractivity contribution is 0.0977. The molecule has 0 spiro atoms. The molecular weight excluding hydrogens is 409 g/mol. The molecule has 22 heavy (non-hydrogen) atoms.